The fourth-order valence-corrected chi connectivity index (χ4v) is 3.47. The fourth-order valence-electron chi connectivity index (χ4n) is 1.16. The van der Waals surface area contributed by atoms with Gasteiger partial charge in [-0.1, -0.05) is 6.92 Å². The Hall–Kier alpha value is 0.0969. The Balaban J connectivity index is 4.38. The zero-order valence-electron chi connectivity index (χ0n) is 9.13. The molecule has 0 bridgehead atoms. The summed E-state index contributed by atoms with van der Waals surface area (Å²) in [6.45, 7) is 13.6. The van der Waals surface area contributed by atoms with E-state index in [0.29, 0.717) is 19.8 Å². The van der Waals surface area contributed by atoms with Crippen LogP contribution in [0.2, 0.25) is 5.54 Å². The quantitative estimate of drug-likeness (QED) is 0.597. The summed E-state index contributed by atoms with van der Waals surface area (Å²) in [6.07, 6.45) is 0. The van der Waals surface area contributed by atoms with Crippen LogP contribution in [-0.2, 0) is 13.3 Å². The van der Waals surface area contributed by atoms with Gasteiger partial charge in [0, 0.05) is 25.4 Å². The van der Waals surface area contributed by atoms with Crippen LogP contribution in [0.15, 0.2) is 0 Å². The Kier molecular flexibility index (Phi) is 6.58. The third-order valence-corrected chi connectivity index (χ3v) is 4.92. The van der Waals surface area contributed by atoms with Crippen LogP contribution in [0.4, 0.5) is 0 Å². The lowest BCUT2D eigenvalue weighted by molar-refractivity contribution is 0.0664. The average molecular weight is 205 g/mol. The van der Waals surface area contributed by atoms with E-state index in [1.165, 1.54) is 0 Å². The molecule has 4 heteroatoms. The molecule has 3 nitrogen and oxygen atoms in total. The van der Waals surface area contributed by atoms with E-state index in [2.05, 4.69) is 6.92 Å². The highest BCUT2D eigenvalue weighted by Gasteiger charge is 2.44. The van der Waals surface area contributed by atoms with Gasteiger partial charge in [-0.25, -0.2) is 0 Å². The van der Waals surface area contributed by atoms with Crippen LogP contribution < -0.4 is 0 Å². The van der Waals surface area contributed by atoms with Gasteiger partial charge in [0.25, 0.3) is 0 Å². The monoisotopic (exact) mass is 205 g/mol. The molecule has 0 heterocycles. The third kappa shape index (κ3) is 3.77. The molecule has 0 aliphatic heterocycles. The van der Waals surface area contributed by atoms with Gasteiger partial charge >= 0.3 is 8.80 Å². The molecule has 0 fully saturated rings. The molecule has 0 saturated carbocycles. The van der Waals surface area contributed by atoms with Gasteiger partial charge in [-0.15, -0.1) is 0 Å². The molecule has 1 radical (unpaired) electrons. The first-order valence-corrected chi connectivity index (χ1v) is 6.68. The molecule has 0 aromatic rings. The topological polar surface area (TPSA) is 27.7 Å². The Bertz CT molecular complexity index is 111. The molecule has 0 aliphatic carbocycles. The molecule has 13 heavy (non-hydrogen) atoms. The van der Waals surface area contributed by atoms with Gasteiger partial charge in [0.1, 0.15) is 0 Å². The van der Waals surface area contributed by atoms with Crippen molar-refractivity contribution in [1.29, 1.82) is 0 Å². The van der Waals surface area contributed by atoms with Crippen molar-refractivity contribution in [2.45, 2.75) is 33.2 Å². The smallest absolute Gasteiger partial charge is 0.374 e. The van der Waals surface area contributed by atoms with Crippen molar-refractivity contribution in [3.63, 3.8) is 0 Å². The van der Waals surface area contributed by atoms with Gasteiger partial charge in [-0.2, -0.15) is 0 Å². The van der Waals surface area contributed by atoms with Crippen LogP contribution in [0.3, 0.4) is 0 Å². The SMILES string of the molecule is [CH2]C(C)[Si](OCC)(OCC)OCC. The minimum Gasteiger partial charge on any atom is -0.374 e. The summed E-state index contributed by atoms with van der Waals surface area (Å²) in [5.41, 5.74) is 0.0762. The summed E-state index contributed by atoms with van der Waals surface area (Å²) in [6, 6.07) is 0. The van der Waals surface area contributed by atoms with E-state index in [-0.39, 0.29) is 5.54 Å². The zero-order valence-corrected chi connectivity index (χ0v) is 10.1. The van der Waals surface area contributed by atoms with Gasteiger partial charge in [0.2, 0.25) is 0 Å². The molecule has 0 amide bonds. The Morgan fingerprint density at radius 3 is 1.46 bits per heavy atom. The summed E-state index contributed by atoms with van der Waals surface area (Å²) in [7, 11) is -2.48. The fraction of sp³-hybridized carbons (Fsp3) is 0.889. The minimum atomic E-state index is -2.48. The normalized spacial score (nSPS) is 12.5. The van der Waals surface area contributed by atoms with Crippen LogP contribution in [-0.4, -0.2) is 28.6 Å². The van der Waals surface area contributed by atoms with Crippen LogP contribution in [0.25, 0.3) is 0 Å². The van der Waals surface area contributed by atoms with Crippen molar-refractivity contribution in [3.05, 3.63) is 6.92 Å². The first kappa shape index (κ1) is 13.1. The van der Waals surface area contributed by atoms with Gasteiger partial charge in [-0.05, 0) is 27.7 Å². The number of hydrogen-bond acceptors (Lipinski definition) is 3. The van der Waals surface area contributed by atoms with Crippen molar-refractivity contribution in [2.24, 2.45) is 0 Å². The summed E-state index contributed by atoms with van der Waals surface area (Å²) < 4.78 is 16.8. The highest BCUT2D eigenvalue weighted by Crippen LogP contribution is 2.24. The summed E-state index contributed by atoms with van der Waals surface area (Å²) in [5, 5.41) is 0. The van der Waals surface area contributed by atoms with Crippen LogP contribution in [0, 0.1) is 6.92 Å². The van der Waals surface area contributed by atoms with Crippen molar-refractivity contribution in [1.82, 2.24) is 0 Å². The van der Waals surface area contributed by atoms with Crippen LogP contribution in [0.5, 0.6) is 0 Å². The van der Waals surface area contributed by atoms with Crippen molar-refractivity contribution in [3.8, 4) is 0 Å². The first-order valence-electron chi connectivity index (χ1n) is 4.87. The second kappa shape index (κ2) is 6.54. The van der Waals surface area contributed by atoms with Crippen molar-refractivity contribution >= 4 is 8.80 Å². The zero-order chi connectivity index (χ0) is 10.3. The maximum Gasteiger partial charge on any atom is 0.503 e. The van der Waals surface area contributed by atoms with Gasteiger partial charge in [-0.3, -0.25) is 0 Å². The molecule has 0 saturated heterocycles. The van der Waals surface area contributed by atoms with E-state index in [1.807, 2.05) is 27.7 Å². The van der Waals surface area contributed by atoms with Gasteiger partial charge < -0.3 is 13.3 Å². The molecule has 0 N–H and O–H groups in total. The Labute approximate surface area is 82.8 Å². The lowest BCUT2D eigenvalue weighted by Crippen LogP contribution is -2.48. The molecule has 1 unspecified atom stereocenters. The third-order valence-electron chi connectivity index (χ3n) is 1.64. The molecule has 0 aromatic heterocycles. The molecule has 0 aromatic carbocycles. The Morgan fingerprint density at radius 1 is 1.00 bits per heavy atom. The Morgan fingerprint density at radius 2 is 1.31 bits per heavy atom. The molecule has 1 atom stereocenters. The van der Waals surface area contributed by atoms with Gasteiger partial charge in [0.15, 0.2) is 0 Å². The van der Waals surface area contributed by atoms with E-state index in [9.17, 15) is 0 Å². The largest absolute Gasteiger partial charge is 0.503 e. The standard InChI is InChI=1S/C9H21O3Si/c1-6-10-13(9(4)5,11-7-2)12-8-3/h9H,4,6-8H2,1-3,5H3. The molecule has 0 rings (SSSR count). The maximum atomic E-state index is 5.60. The second-order valence-electron chi connectivity index (χ2n) is 2.80. The lowest BCUT2D eigenvalue weighted by atomic mass is 10.6. The van der Waals surface area contributed by atoms with Crippen molar-refractivity contribution in [2.75, 3.05) is 19.8 Å². The van der Waals surface area contributed by atoms with E-state index < -0.39 is 8.80 Å². The predicted octanol–water partition coefficient (Wildman–Crippen LogP) is 2.26. The maximum absolute atomic E-state index is 5.60. The predicted molar refractivity (Wildman–Crippen MR) is 55.4 cm³/mol. The van der Waals surface area contributed by atoms with Gasteiger partial charge in [0.05, 0.1) is 0 Å². The van der Waals surface area contributed by atoms with E-state index in [4.69, 9.17) is 13.3 Å². The van der Waals surface area contributed by atoms with E-state index >= 15 is 0 Å². The summed E-state index contributed by atoms with van der Waals surface area (Å²) >= 11 is 0. The highest BCUT2D eigenvalue weighted by atomic mass is 28.4. The molecular weight excluding hydrogens is 184 g/mol. The van der Waals surface area contributed by atoms with E-state index in [0.717, 1.165) is 0 Å². The summed E-state index contributed by atoms with van der Waals surface area (Å²) in [5.74, 6) is 0. The first-order chi connectivity index (χ1) is 6.13. The number of hydrogen-bond donors (Lipinski definition) is 0. The van der Waals surface area contributed by atoms with Crippen LogP contribution in [0.1, 0.15) is 27.7 Å². The minimum absolute atomic E-state index is 0.0762. The molecular formula is C9H21O3Si. The van der Waals surface area contributed by atoms with Crippen molar-refractivity contribution < 1.29 is 13.3 Å². The lowest BCUT2D eigenvalue weighted by Gasteiger charge is -2.31. The highest BCUT2D eigenvalue weighted by molar-refractivity contribution is 6.62. The average Bonchev–Trinajstić information content (AvgIpc) is 2.05. The molecule has 0 aliphatic rings. The number of rotatable bonds is 7. The van der Waals surface area contributed by atoms with E-state index in [1.54, 1.807) is 0 Å². The molecule has 0 spiro atoms. The summed E-state index contributed by atoms with van der Waals surface area (Å²) in [4.78, 5) is 0. The van der Waals surface area contributed by atoms with Crippen LogP contribution >= 0.6 is 0 Å². The molecule has 79 valence electrons. The second-order valence-corrected chi connectivity index (χ2v) is 5.86.